The van der Waals surface area contributed by atoms with E-state index in [9.17, 15) is 9.90 Å². The van der Waals surface area contributed by atoms with Gasteiger partial charge in [0.25, 0.3) is 0 Å². The van der Waals surface area contributed by atoms with Gasteiger partial charge in [0.05, 0.1) is 5.60 Å². The average Bonchev–Trinajstić information content (AvgIpc) is 3.30. The summed E-state index contributed by atoms with van der Waals surface area (Å²) in [5.41, 5.74) is -0.530. The molecule has 25 heavy (non-hydrogen) atoms. The number of carbonyl (C=O) groups is 1. The second kappa shape index (κ2) is 7.06. The van der Waals surface area contributed by atoms with Crippen LogP contribution in [-0.2, 0) is 11.2 Å². The third-order valence-electron chi connectivity index (χ3n) is 6.52. The zero-order chi connectivity index (χ0) is 17.3. The van der Waals surface area contributed by atoms with Crippen molar-refractivity contribution in [3.05, 3.63) is 11.8 Å². The van der Waals surface area contributed by atoms with Crippen LogP contribution in [0.5, 0.6) is 0 Å². The molecule has 1 aliphatic heterocycles. The van der Waals surface area contributed by atoms with Crippen LogP contribution < -0.4 is 0 Å². The van der Waals surface area contributed by atoms with Gasteiger partial charge in [-0.1, -0.05) is 25.7 Å². The van der Waals surface area contributed by atoms with Crippen LogP contribution in [-0.4, -0.2) is 44.8 Å². The molecule has 138 valence electrons. The van der Waals surface area contributed by atoms with Crippen molar-refractivity contribution in [1.82, 2.24) is 15.1 Å². The number of hydrogen-bond donors (Lipinski definition) is 1. The highest BCUT2D eigenvalue weighted by molar-refractivity contribution is 5.76. The maximum atomic E-state index is 12.6. The van der Waals surface area contributed by atoms with Gasteiger partial charge < -0.3 is 14.4 Å². The number of rotatable bonds is 4. The predicted octanol–water partition coefficient (Wildman–Crippen LogP) is 2.81. The van der Waals surface area contributed by atoms with E-state index in [1.165, 1.54) is 19.3 Å². The lowest BCUT2D eigenvalue weighted by molar-refractivity contribution is -0.143. The lowest BCUT2D eigenvalue weighted by Gasteiger charge is -2.47. The molecular weight excluding hydrogens is 318 g/mol. The Kier molecular flexibility index (Phi) is 4.80. The Hall–Kier alpha value is -1.43. The quantitative estimate of drug-likeness (QED) is 0.906. The van der Waals surface area contributed by atoms with Gasteiger partial charge in [0.1, 0.15) is 0 Å². The van der Waals surface area contributed by atoms with E-state index in [2.05, 4.69) is 10.2 Å². The number of nitrogens with zero attached hydrogens (tertiary/aromatic N) is 3. The first-order valence-corrected chi connectivity index (χ1v) is 9.96. The summed E-state index contributed by atoms with van der Waals surface area (Å²) in [6, 6.07) is 0. The summed E-state index contributed by atoms with van der Waals surface area (Å²) in [5.74, 6) is 2.15. The SMILES string of the molecule is O=C(CCc1nnc(C2CCCC2)o1)N1CC[C@@]2(O)CCCC[C@H]2C1. The minimum absolute atomic E-state index is 0.147. The molecule has 0 spiro atoms. The van der Waals surface area contributed by atoms with Crippen LogP contribution >= 0.6 is 0 Å². The van der Waals surface area contributed by atoms with Crippen molar-refractivity contribution in [2.75, 3.05) is 13.1 Å². The number of hydrogen-bond acceptors (Lipinski definition) is 5. The zero-order valence-electron chi connectivity index (χ0n) is 15.0. The Morgan fingerprint density at radius 3 is 2.80 bits per heavy atom. The molecule has 1 saturated heterocycles. The van der Waals surface area contributed by atoms with Gasteiger partial charge in [0, 0.05) is 37.8 Å². The number of aryl methyl sites for hydroxylation is 1. The molecule has 1 aromatic rings. The Labute approximate surface area is 149 Å². The molecule has 6 nitrogen and oxygen atoms in total. The van der Waals surface area contributed by atoms with Gasteiger partial charge in [0.15, 0.2) is 0 Å². The van der Waals surface area contributed by atoms with Gasteiger partial charge in [-0.3, -0.25) is 4.79 Å². The Bertz CT molecular complexity index is 611. The Balaban J connectivity index is 1.29. The maximum Gasteiger partial charge on any atom is 0.223 e. The molecule has 2 heterocycles. The highest BCUT2D eigenvalue weighted by Gasteiger charge is 2.43. The molecule has 3 fully saturated rings. The highest BCUT2D eigenvalue weighted by atomic mass is 16.4. The first-order chi connectivity index (χ1) is 12.1. The van der Waals surface area contributed by atoms with Crippen molar-refractivity contribution < 1.29 is 14.3 Å². The zero-order valence-corrected chi connectivity index (χ0v) is 15.0. The third kappa shape index (κ3) is 3.59. The minimum Gasteiger partial charge on any atom is -0.425 e. The molecule has 0 aromatic carbocycles. The minimum atomic E-state index is -0.530. The monoisotopic (exact) mass is 347 g/mol. The molecule has 2 aliphatic carbocycles. The number of aliphatic hydroxyl groups is 1. The molecule has 4 rings (SSSR count). The fourth-order valence-corrected chi connectivity index (χ4v) is 4.87. The van der Waals surface area contributed by atoms with E-state index < -0.39 is 5.60 Å². The standard InChI is InChI=1S/C19H29N3O3/c23-17(22-12-11-19(24)10-4-3-7-15(19)13-22)9-8-16-20-21-18(25-16)14-5-1-2-6-14/h14-15,24H,1-13H2/t15-,19-/m0/s1. The molecule has 0 bridgehead atoms. The van der Waals surface area contributed by atoms with E-state index >= 15 is 0 Å². The fourth-order valence-electron chi connectivity index (χ4n) is 4.87. The largest absolute Gasteiger partial charge is 0.425 e. The van der Waals surface area contributed by atoms with Gasteiger partial charge in [-0.05, 0) is 32.1 Å². The van der Waals surface area contributed by atoms with Gasteiger partial charge >= 0.3 is 0 Å². The molecular formula is C19H29N3O3. The Morgan fingerprint density at radius 2 is 1.96 bits per heavy atom. The van der Waals surface area contributed by atoms with Gasteiger partial charge in [-0.25, -0.2) is 0 Å². The van der Waals surface area contributed by atoms with Crippen LogP contribution in [0.3, 0.4) is 0 Å². The van der Waals surface area contributed by atoms with Gasteiger partial charge in [0.2, 0.25) is 17.7 Å². The smallest absolute Gasteiger partial charge is 0.223 e. The molecule has 2 atom stereocenters. The molecule has 0 unspecified atom stereocenters. The van der Waals surface area contributed by atoms with Gasteiger partial charge in [-0.2, -0.15) is 0 Å². The number of fused-ring (bicyclic) bond motifs is 1. The molecule has 1 aromatic heterocycles. The Morgan fingerprint density at radius 1 is 1.16 bits per heavy atom. The van der Waals surface area contributed by atoms with E-state index in [-0.39, 0.29) is 11.8 Å². The number of amides is 1. The summed E-state index contributed by atoms with van der Waals surface area (Å²) < 4.78 is 5.77. The molecule has 1 N–H and O–H groups in total. The van der Waals surface area contributed by atoms with Crippen LogP contribution in [0.15, 0.2) is 4.42 Å². The van der Waals surface area contributed by atoms with Crippen LogP contribution in [0.25, 0.3) is 0 Å². The lowest BCUT2D eigenvalue weighted by Crippen LogP contribution is -2.54. The third-order valence-corrected chi connectivity index (χ3v) is 6.52. The summed E-state index contributed by atoms with van der Waals surface area (Å²) in [6.07, 6.45) is 10.6. The number of piperidine rings is 1. The first kappa shape index (κ1) is 17.0. The average molecular weight is 347 g/mol. The van der Waals surface area contributed by atoms with Crippen molar-refractivity contribution >= 4 is 5.91 Å². The van der Waals surface area contributed by atoms with Crippen LogP contribution in [0.2, 0.25) is 0 Å². The van der Waals surface area contributed by atoms with E-state index in [1.54, 1.807) is 0 Å². The molecule has 1 amide bonds. The molecule has 2 saturated carbocycles. The van der Waals surface area contributed by atoms with Crippen molar-refractivity contribution in [2.24, 2.45) is 5.92 Å². The van der Waals surface area contributed by atoms with Crippen LogP contribution in [0.1, 0.15) is 81.9 Å². The van der Waals surface area contributed by atoms with Crippen molar-refractivity contribution in [3.63, 3.8) is 0 Å². The van der Waals surface area contributed by atoms with Crippen LogP contribution in [0, 0.1) is 5.92 Å². The van der Waals surface area contributed by atoms with E-state index in [0.29, 0.717) is 37.7 Å². The second-order valence-electron chi connectivity index (χ2n) is 8.15. The molecule has 3 aliphatic rings. The van der Waals surface area contributed by atoms with E-state index in [0.717, 1.165) is 44.4 Å². The van der Waals surface area contributed by atoms with Crippen molar-refractivity contribution in [3.8, 4) is 0 Å². The summed E-state index contributed by atoms with van der Waals surface area (Å²) in [4.78, 5) is 14.5. The summed E-state index contributed by atoms with van der Waals surface area (Å²) >= 11 is 0. The second-order valence-corrected chi connectivity index (χ2v) is 8.15. The topological polar surface area (TPSA) is 79.5 Å². The summed E-state index contributed by atoms with van der Waals surface area (Å²) in [7, 11) is 0. The van der Waals surface area contributed by atoms with Crippen LogP contribution in [0.4, 0.5) is 0 Å². The molecule has 0 radical (unpaired) electrons. The summed E-state index contributed by atoms with van der Waals surface area (Å²) in [5, 5.41) is 19.0. The number of likely N-dealkylation sites (tertiary alicyclic amines) is 1. The lowest BCUT2D eigenvalue weighted by atomic mass is 9.71. The van der Waals surface area contributed by atoms with Gasteiger partial charge in [-0.15, -0.1) is 10.2 Å². The van der Waals surface area contributed by atoms with E-state index in [4.69, 9.17) is 4.42 Å². The highest BCUT2D eigenvalue weighted by Crippen LogP contribution is 2.40. The number of aromatic nitrogens is 2. The maximum absolute atomic E-state index is 12.6. The molecule has 6 heteroatoms. The number of carbonyl (C=O) groups excluding carboxylic acids is 1. The normalized spacial score (nSPS) is 30.4. The van der Waals surface area contributed by atoms with Crippen molar-refractivity contribution in [2.45, 2.75) is 82.1 Å². The predicted molar refractivity (Wildman–Crippen MR) is 91.9 cm³/mol. The first-order valence-electron chi connectivity index (χ1n) is 9.96. The van der Waals surface area contributed by atoms with E-state index in [1.807, 2.05) is 4.90 Å². The fraction of sp³-hybridized carbons (Fsp3) is 0.842. The summed E-state index contributed by atoms with van der Waals surface area (Å²) in [6.45, 7) is 1.37. The van der Waals surface area contributed by atoms with Crippen molar-refractivity contribution in [1.29, 1.82) is 0 Å².